The molecule has 0 aliphatic rings. The largest absolute Gasteiger partial charge is 0.490 e. The van der Waals surface area contributed by atoms with Crippen molar-refractivity contribution in [2.24, 2.45) is 0 Å². The highest BCUT2D eigenvalue weighted by molar-refractivity contribution is 7.71. The highest BCUT2D eigenvalue weighted by atomic mass is 32.1. The summed E-state index contributed by atoms with van der Waals surface area (Å²) >= 11 is 5.05. The molecule has 0 radical (unpaired) electrons. The number of aliphatic hydroxyl groups excluding tert-OH is 1. The average Bonchev–Trinajstić information content (AvgIpc) is 2.63. The van der Waals surface area contributed by atoms with Crippen LogP contribution in [0.3, 0.4) is 0 Å². The van der Waals surface area contributed by atoms with Crippen molar-refractivity contribution < 1.29 is 14.6 Å². The van der Waals surface area contributed by atoms with E-state index in [2.05, 4.69) is 22.1 Å². The second-order valence-corrected chi connectivity index (χ2v) is 7.60. The maximum atomic E-state index is 10.2. The summed E-state index contributed by atoms with van der Waals surface area (Å²) in [5.41, 5.74) is 1.40. The molecule has 2 rings (SSSR count). The third-order valence-corrected chi connectivity index (χ3v) is 3.80. The molecule has 0 aliphatic carbocycles. The fraction of sp³-hybridized carbons (Fsp3) is 0.400. The van der Waals surface area contributed by atoms with Gasteiger partial charge in [0.25, 0.3) is 0 Å². The fourth-order valence-corrected chi connectivity index (χ4v) is 2.36. The average molecular weight is 390 g/mol. The lowest BCUT2D eigenvalue weighted by Crippen LogP contribution is -2.42. The normalized spacial score (nSPS) is 12.4. The molecule has 0 fully saturated rings. The van der Waals surface area contributed by atoms with Crippen LogP contribution in [-0.4, -0.2) is 46.7 Å². The molecule has 1 aromatic heterocycles. The van der Waals surface area contributed by atoms with Gasteiger partial charge in [-0.3, -0.25) is 5.10 Å². The van der Waals surface area contributed by atoms with E-state index in [0.717, 1.165) is 5.56 Å². The van der Waals surface area contributed by atoms with Crippen LogP contribution in [0.5, 0.6) is 11.5 Å². The van der Waals surface area contributed by atoms with Crippen molar-refractivity contribution in [3.63, 3.8) is 0 Å². The Balaban J connectivity index is 2.18. The minimum absolute atomic E-state index is 0.0731. The summed E-state index contributed by atoms with van der Waals surface area (Å²) < 4.78 is 12.0. The van der Waals surface area contributed by atoms with Crippen LogP contribution < -0.4 is 14.8 Å². The van der Waals surface area contributed by atoms with E-state index in [-0.39, 0.29) is 12.1 Å². The molecule has 0 saturated carbocycles. The van der Waals surface area contributed by atoms with E-state index in [4.69, 9.17) is 21.7 Å². The number of nitrogens with zero attached hydrogens (tertiary/aromatic N) is 1. The Kier molecular flexibility index (Phi) is 7.53. The molecule has 1 heterocycles. The minimum Gasteiger partial charge on any atom is -0.490 e. The third kappa shape index (κ3) is 7.13. The molecule has 0 aliphatic heterocycles. The van der Waals surface area contributed by atoms with Gasteiger partial charge in [-0.15, -0.1) is 0 Å². The second-order valence-electron chi connectivity index (χ2n) is 7.16. The lowest BCUT2D eigenvalue weighted by molar-refractivity contribution is 0.100. The first-order valence-corrected chi connectivity index (χ1v) is 9.19. The number of β-amino-alcohol motifs (C(OH)–C–C–N with tert-alkyl or cyclic N) is 1. The number of benzene rings is 1. The monoisotopic (exact) mass is 389 g/mol. The molecular formula is C20H27N3O3S. The first-order chi connectivity index (χ1) is 12.8. The zero-order valence-electron chi connectivity index (χ0n) is 16.0. The van der Waals surface area contributed by atoms with E-state index < -0.39 is 6.10 Å². The van der Waals surface area contributed by atoms with Gasteiger partial charge in [0.1, 0.15) is 35.5 Å². The van der Waals surface area contributed by atoms with Crippen molar-refractivity contribution in [3.8, 4) is 22.8 Å². The highest BCUT2D eigenvalue weighted by Crippen LogP contribution is 2.32. The number of nitrogens with one attached hydrogen (secondary N) is 2. The van der Waals surface area contributed by atoms with Gasteiger partial charge in [-0.1, -0.05) is 24.9 Å². The van der Waals surface area contributed by atoms with E-state index in [1.54, 1.807) is 18.2 Å². The van der Waals surface area contributed by atoms with Crippen LogP contribution in [0.4, 0.5) is 0 Å². The Morgan fingerprint density at radius 1 is 1.30 bits per heavy atom. The van der Waals surface area contributed by atoms with Crippen LogP contribution in [0.2, 0.25) is 0 Å². The summed E-state index contributed by atoms with van der Waals surface area (Å²) in [5, 5.41) is 20.5. The molecule has 6 nitrogen and oxygen atoms in total. The van der Waals surface area contributed by atoms with Gasteiger partial charge in [-0.05, 0) is 45.0 Å². The lowest BCUT2D eigenvalue weighted by atomic mass is 10.1. The Hall–Kier alpha value is -2.22. The van der Waals surface area contributed by atoms with Gasteiger partial charge < -0.3 is 19.9 Å². The van der Waals surface area contributed by atoms with Gasteiger partial charge in [0.2, 0.25) is 0 Å². The SMILES string of the molecule is C=CCOc1ccc(-c2ccc(=S)[nH]n2)c(OCC(O)CNC(C)(C)C)c1. The summed E-state index contributed by atoms with van der Waals surface area (Å²) in [7, 11) is 0. The predicted molar refractivity (Wildman–Crippen MR) is 110 cm³/mol. The molecule has 2 aromatic rings. The lowest BCUT2D eigenvalue weighted by Gasteiger charge is -2.23. The van der Waals surface area contributed by atoms with Crippen LogP contribution in [0.15, 0.2) is 43.0 Å². The topological polar surface area (TPSA) is 79.4 Å². The van der Waals surface area contributed by atoms with Crippen molar-refractivity contribution in [2.45, 2.75) is 32.4 Å². The molecule has 0 spiro atoms. The maximum absolute atomic E-state index is 10.2. The molecule has 1 atom stereocenters. The second kappa shape index (κ2) is 9.64. The molecule has 146 valence electrons. The van der Waals surface area contributed by atoms with Gasteiger partial charge in [0.05, 0.1) is 5.69 Å². The highest BCUT2D eigenvalue weighted by Gasteiger charge is 2.15. The van der Waals surface area contributed by atoms with Crippen LogP contribution in [-0.2, 0) is 0 Å². The maximum Gasteiger partial charge on any atom is 0.132 e. The molecule has 0 bridgehead atoms. The van der Waals surface area contributed by atoms with Crippen molar-refractivity contribution in [3.05, 3.63) is 47.6 Å². The minimum atomic E-state index is -0.649. The van der Waals surface area contributed by atoms with E-state index in [0.29, 0.717) is 35.0 Å². The number of H-pyrrole nitrogens is 1. The van der Waals surface area contributed by atoms with Gasteiger partial charge >= 0.3 is 0 Å². The van der Waals surface area contributed by atoms with Crippen LogP contribution in [0.25, 0.3) is 11.3 Å². The summed E-state index contributed by atoms with van der Waals surface area (Å²) in [5.74, 6) is 1.23. The van der Waals surface area contributed by atoms with E-state index in [9.17, 15) is 5.11 Å². The third-order valence-electron chi connectivity index (χ3n) is 3.58. The summed E-state index contributed by atoms with van der Waals surface area (Å²) in [6.45, 7) is 10.8. The van der Waals surface area contributed by atoms with Crippen LogP contribution >= 0.6 is 12.2 Å². The molecule has 0 amide bonds. The summed E-state index contributed by atoms with van der Waals surface area (Å²) in [6.07, 6.45) is 1.03. The number of aromatic nitrogens is 2. The zero-order chi connectivity index (χ0) is 19.9. The van der Waals surface area contributed by atoms with Crippen molar-refractivity contribution in [1.82, 2.24) is 15.5 Å². The molecule has 1 unspecified atom stereocenters. The fourth-order valence-electron chi connectivity index (χ4n) is 2.24. The van der Waals surface area contributed by atoms with Gasteiger partial charge in [0, 0.05) is 23.7 Å². The number of ether oxygens (including phenoxy) is 2. The number of aliphatic hydroxyl groups is 1. The standard InChI is InChI=1S/C20H27N3O3S/c1-5-10-25-15-6-7-16(17-8-9-19(27)23-22-17)18(11-15)26-13-14(24)12-21-20(2,3)4/h5-9,11,14,21,24H,1,10,12-13H2,2-4H3,(H,23,27). The Morgan fingerprint density at radius 2 is 2.07 bits per heavy atom. The van der Waals surface area contributed by atoms with E-state index >= 15 is 0 Å². The Morgan fingerprint density at radius 3 is 2.70 bits per heavy atom. The van der Waals surface area contributed by atoms with E-state index in [1.807, 2.05) is 39.0 Å². The molecule has 3 N–H and O–H groups in total. The Labute approximate surface area is 165 Å². The van der Waals surface area contributed by atoms with E-state index in [1.165, 1.54) is 0 Å². The van der Waals surface area contributed by atoms with Gasteiger partial charge in [-0.2, -0.15) is 5.10 Å². The predicted octanol–water partition coefficient (Wildman–Crippen LogP) is 3.50. The van der Waals surface area contributed by atoms with Crippen LogP contribution in [0.1, 0.15) is 20.8 Å². The van der Waals surface area contributed by atoms with Crippen LogP contribution in [0, 0.1) is 4.64 Å². The molecule has 0 saturated heterocycles. The zero-order valence-corrected chi connectivity index (χ0v) is 16.8. The first kappa shape index (κ1) is 21.1. The van der Waals surface area contributed by atoms with Crippen molar-refractivity contribution in [1.29, 1.82) is 0 Å². The molecule has 7 heteroatoms. The van der Waals surface area contributed by atoms with Crippen molar-refractivity contribution >= 4 is 12.2 Å². The molecular weight excluding hydrogens is 362 g/mol. The Bertz CT molecular complexity index is 794. The number of hydrogen-bond acceptors (Lipinski definition) is 6. The molecule has 1 aromatic carbocycles. The number of hydrogen-bond donors (Lipinski definition) is 3. The smallest absolute Gasteiger partial charge is 0.132 e. The summed E-state index contributed by atoms with van der Waals surface area (Å²) in [4.78, 5) is 0. The van der Waals surface area contributed by atoms with Gasteiger partial charge in [-0.25, -0.2) is 0 Å². The van der Waals surface area contributed by atoms with Gasteiger partial charge in [0.15, 0.2) is 0 Å². The number of aromatic amines is 1. The van der Waals surface area contributed by atoms with Crippen molar-refractivity contribution in [2.75, 3.05) is 19.8 Å². The number of rotatable bonds is 9. The summed E-state index contributed by atoms with van der Waals surface area (Å²) in [6, 6.07) is 9.08. The first-order valence-electron chi connectivity index (χ1n) is 8.78. The quantitative estimate of drug-likeness (QED) is 0.450. The molecule has 27 heavy (non-hydrogen) atoms.